The van der Waals surface area contributed by atoms with Crippen molar-refractivity contribution in [1.29, 1.82) is 0 Å². The van der Waals surface area contributed by atoms with Crippen LogP contribution in [0.15, 0.2) is 24.3 Å². The molecule has 0 bridgehead atoms. The Morgan fingerprint density at radius 2 is 2.00 bits per heavy atom. The van der Waals surface area contributed by atoms with Gasteiger partial charge in [0.1, 0.15) is 6.10 Å². The number of ether oxygens (including phenoxy) is 1. The average Bonchev–Trinajstić information content (AvgIpc) is 2.66. The maximum Gasteiger partial charge on any atom is 0.286 e. The summed E-state index contributed by atoms with van der Waals surface area (Å²) in [6, 6.07) is 6.09. The van der Waals surface area contributed by atoms with Crippen molar-refractivity contribution >= 4 is 5.91 Å². The summed E-state index contributed by atoms with van der Waals surface area (Å²) in [6.07, 6.45) is 4.02. The average molecular weight is 279 g/mol. The maximum absolute atomic E-state index is 13.7. The Hall–Kier alpha value is -1.62. The quantitative estimate of drug-likeness (QED) is 0.835. The number of para-hydroxylation sites is 1. The minimum absolute atomic E-state index is 0.0588. The van der Waals surface area contributed by atoms with Crippen molar-refractivity contribution in [1.82, 2.24) is 5.06 Å². The van der Waals surface area contributed by atoms with Gasteiger partial charge in [-0.25, -0.2) is 4.39 Å². The molecule has 1 aliphatic carbocycles. The highest BCUT2D eigenvalue weighted by Crippen LogP contribution is 2.41. The van der Waals surface area contributed by atoms with Crippen LogP contribution in [0.4, 0.5) is 4.39 Å². The van der Waals surface area contributed by atoms with Crippen LogP contribution in [0, 0.1) is 5.82 Å². The number of amides is 1. The summed E-state index contributed by atoms with van der Waals surface area (Å²) in [6.45, 7) is 1.71. The minimum atomic E-state index is -0.725. The van der Waals surface area contributed by atoms with Crippen LogP contribution in [0.2, 0.25) is 0 Å². The fourth-order valence-corrected chi connectivity index (χ4v) is 2.96. The zero-order valence-electron chi connectivity index (χ0n) is 11.5. The van der Waals surface area contributed by atoms with E-state index >= 15 is 0 Å². The van der Waals surface area contributed by atoms with Gasteiger partial charge in [-0.2, -0.15) is 0 Å². The van der Waals surface area contributed by atoms with Gasteiger partial charge in [-0.1, -0.05) is 18.6 Å². The number of hydrogen-bond donors (Lipinski definition) is 0. The van der Waals surface area contributed by atoms with Gasteiger partial charge in [0, 0.05) is 0 Å². The van der Waals surface area contributed by atoms with E-state index in [0.29, 0.717) is 0 Å². The number of rotatable bonds is 2. The van der Waals surface area contributed by atoms with E-state index in [1.54, 1.807) is 19.1 Å². The van der Waals surface area contributed by atoms with E-state index in [1.807, 2.05) is 0 Å². The highest BCUT2D eigenvalue weighted by atomic mass is 19.1. The molecule has 1 amide bonds. The zero-order valence-corrected chi connectivity index (χ0v) is 11.5. The maximum atomic E-state index is 13.7. The minimum Gasteiger partial charge on any atom is -0.371 e. The highest BCUT2D eigenvalue weighted by molar-refractivity contribution is 5.82. The fourth-order valence-electron chi connectivity index (χ4n) is 2.96. The van der Waals surface area contributed by atoms with Crippen molar-refractivity contribution in [3.63, 3.8) is 0 Å². The van der Waals surface area contributed by atoms with Gasteiger partial charge in [-0.3, -0.25) is 4.79 Å². The molecule has 2 aliphatic rings. The third-order valence-electron chi connectivity index (χ3n) is 3.98. The number of nitrogens with zero attached hydrogens (tertiary/aromatic N) is 1. The Bertz CT molecular complexity index is 514. The molecule has 1 saturated heterocycles. The molecule has 0 N–H and O–H groups in total. The van der Waals surface area contributed by atoms with E-state index < -0.39 is 17.6 Å². The summed E-state index contributed by atoms with van der Waals surface area (Å²) in [4.78, 5) is 17.8. The third kappa shape index (κ3) is 2.16. The summed E-state index contributed by atoms with van der Waals surface area (Å²) in [7, 11) is 0. The first kappa shape index (κ1) is 13.4. The molecule has 20 heavy (non-hydrogen) atoms. The molecular weight excluding hydrogens is 261 g/mol. The summed E-state index contributed by atoms with van der Waals surface area (Å²) >= 11 is 0. The lowest BCUT2D eigenvalue weighted by Gasteiger charge is -2.38. The van der Waals surface area contributed by atoms with E-state index in [2.05, 4.69) is 0 Å². The summed E-state index contributed by atoms with van der Waals surface area (Å²) in [5, 5.41) is 1.26. The van der Waals surface area contributed by atoms with Crippen LogP contribution in [0.3, 0.4) is 0 Å². The lowest BCUT2D eigenvalue weighted by molar-refractivity contribution is -0.221. The van der Waals surface area contributed by atoms with Gasteiger partial charge in [0.25, 0.3) is 5.91 Å². The smallest absolute Gasteiger partial charge is 0.286 e. The molecule has 1 aliphatic heterocycles. The van der Waals surface area contributed by atoms with Gasteiger partial charge in [0.05, 0.1) is 0 Å². The number of halogens is 1. The Morgan fingerprint density at radius 1 is 1.30 bits per heavy atom. The van der Waals surface area contributed by atoms with Crippen LogP contribution >= 0.6 is 0 Å². The molecule has 1 aromatic rings. The van der Waals surface area contributed by atoms with Crippen LogP contribution in [-0.2, 0) is 9.53 Å². The highest BCUT2D eigenvalue weighted by Gasteiger charge is 2.53. The van der Waals surface area contributed by atoms with Gasteiger partial charge < -0.3 is 9.57 Å². The second-order valence-electron chi connectivity index (χ2n) is 5.42. The lowest BCUT2D eigenvalue weighted by atomic mass is 9.92. The van der Waals surface area contributed by atoms with E-state index in [0.717, 1.165) is 32.1 Å². The second kappa shape index (κ2) is 5.05. The summed E-state index contributed by atoms with van der Waals surface area (Å²) in [5.74, 6) is -0.663. The molecule has 4 nitrogen and oxygen atoms in total. The Labute approximate surface area is 117 Å². The predicted octanol–water partition coefficient (Wildman–Crippen LogP) is 3.03. The fraction of sp³-hybridized carbons (Fsp3) is 0.533. The summed E-state index contributed by atoms with van der Waals surface area (Å²) < 4.78 is 19.6. The molecule has 0 radical (unpaired) electrons. The van der Waals surface area contributed by atoms with Crippen molar-refractivity contribution in [2.24, 2.45) is 0 Å². The first-order chi connectivity index (χ1) is 9.62. The van der Waals surface area contributed by atoms with Crippen LogP contribution < -0.4 is 4.84 Å². The van der Waals surface area contributed by atoms with E-state index in [9.17, 15) is 9.18 Å². The molecule has 108 valence electrons. The largest absolute Gasteiger partial charge is 0.371 e. The van der Waals surface area contributed by atoms with Crippen molar-refractivity contribution in [2.45, 2.75) is 50.9 Å². The van der Waals surface area contributed by atoms with E-state index in [1.165, 1.54) is 17.2 Å². The standard InChI is InChI=1S/C15H18FNO3/c1-11-14(18)17(15(19-11)9-5-2-6-10-15)20-13-8-4-3-7-12(13)16/h3-4,7-8,11H,2,5-6,9-10H2,1H3. The van der Waals surface area contributed by atoms with Gasteiger partial charge in [0.2, 0.25) is 0 Å². The molecule has 1 unspecified atom stereocenters. The molecule has 1 heterocycles. The first-order valence-corrected chi connectivity index (χ1v) is 7.07. The van der Waals surface area contributed by atoms with Gasteiger partial charge >= 0.3 is 0 Å². The zero-order chi connectivity index (χ0) is 14.2. The van der Waals surface area contributed by atoms with Crippen LogP contribution in [-0.4, -0.2) is 22.8 Å². The normalized spacial score (nSPS) is 25.2. The molecule has 2 fully saturated rings. The Balaban J connectivity index is 1.88. The van der Waals surface area contributed by atoms with Crippen LogP contribution in [0.1, 0.15) is 39.0 Å². The van der Waals surface area contributed by atoms with Crippen molar-refractivity contribution < 1.29 is 18.8 Å². The van der Waals surface area contributed by atoms with E-state index in [-0.39, 0.29) is 11.7 Å². The molecule has 0 aromatic heterocycles. The van der Waals surface area contributed by atoms with Crippen LogP contribution in [0.25, 0.3) is 0 Å². The van der Waals surface area contributed by atoms with E-state index in [4.69, 9.17) is 9.57 Å². The topological polar surface area (TPSA) is 38.8 Å². The molecule has 1 atom stereocenters. The SMILES string of the molecule is CC1OC2(CCCCC2)N(Oc2ccccc2F)C1=O. The monoisotopic (exact) mass is 279 g/mol. The Morgan fingerprint density at radius 3 is 2.70 bits per heavy atom. The molecule has 1 spiro atoms. The lowest BCUT2D eigenvalue weighted by Crippen LogP contribution is -2.50. The first-order valence-electron chi connectivity index (χ1n) is 7.07. The molecule has 1 aromatic carbocycles. The number of benzene rings is 1. The Kier molecular flexibility index (Phi) is 3.38. The van der Waals surface area contributed by atoms with Crippen molar-refractivity contribution in [3.8, 4) is 5.75 Å². The van der Waals surface area contributed by atoms with Crippen LogP contribution in [0.5, 0.6) is 5.75 Å². The van der Waals surface area contributed by atoms with Crippen molar-refractivity contribution in [3.05, 3.63) is 30.1 Å². The number of hydrogen-bond acceptors (Lipinski definition) is 3. The number of carbonyl (C=O) groups excluding carboxylic acids is 1. The molecular formula is C15H18FNO3. The summed E-state index contributed by atoms with van der Waals surface area (Å²) in [5.41, 5.74) is -0.725. The predicted molar refractivity (Wildman–Crippen MR) is 70.2 cm³/mol. The molecule has 5 heteroatoms. The van der Waals surface area contributed by atoms with Gasteiger partial charge in [0.15, 0.2) is 17.3 Å². The molecule has 1 saturated carbocycles. The number of hydroxylamine groups is 2. The molecule has 3 rings (SSSR count). The third-order valence-corrected chi connectivity index (χ3v) is 3.98. The van der Waals surface area contributed by atoms with Gasteiger partial charge in [-0.05, 0) is 44.7 Å². The van der Waals surface area contributed by atoms with Gasteiger partial charge in [-0.15, -0.1) is 5.06 Å². The number of carbonyl (C=O) groups is 1. The second-order valence-corrected chi connectivity index (χ2v) is 5.42. The van der Waals surface area contributed by atoms with Crippen molar-refractivity contribution in [2.75, 3.05) is 0 Å².